The van der Waals surface area contributed by atoms with E-state index in [1.54, 1.807) is 31.1 Å². The number of hydrogen-bond donors (Lipinski definition) is 0. The summed E-state index contributed by atoms with van der Waals surface area (Å²) in [4.78, 5) is 27.3. The molecule has 0 aromatic heterocycles. The highest BCUT2D eigenvalue weighted by Gasteiger charge is 2.15. The minimum Gasteiger partial charge on any atom is -0.348 e. The van der Waals surface area contributed by atoms with Crippen molar-refractivity contribution in [1.82, 2.24) is 9.80 Å². The van der Waals surface area contributed by atoms with Gasteiger partial charge in [-0.2, -0.15) is 0 Å². The number of benzene rings is 1. The van der Waals surface area contributed by atoms with Gasteiger partial charge in [0.15, 0.2) is 5.78 Å². The Labute approximate surface area is 115 Å². The predicted molar refractivity (Wildman–Crippen MR) is 76.2 cm³/mol. The molecule has 104 valence electrons. The zero-order valence-electron chi connectivity index (χ0n) is 11.9. The molecule has 0 radical (unpaired) electrons. The summed E-state index contributed by atoms with van der Waals surface area (Å²) in [5.74, 6) is 0.0786. The quantitative estimate of drug-likeness (QED) is 0.702. The molecular weight excluding hydrogens is 240 g/mol. The maximum absolute atomic E-state index is 12.1. The third-order valence-electron chi connectivity index (χ3n) is 2.86. The lowest BCUT2D eigenvalue weighted by Gasteiger charge is -2.22. The molecule has 0 saturated heterocycles. The van der Waals surface area contributed by atoms with E-state index in [0.29, 0.717) is 12.1 Å². The molecule has 0 unspecified atom stereocenters. The first-order chi connectivity index (χ1) is 9.04. The minimum absolute atomic E-state index is 0.0225. The summed E-state index contributed by atoms with van der Waals surface area (Å²) in [6.07, 6.45) is 0.919. The molecule has 0 atom stereocenters. The Morgan fingerprint density at radius 3 is 2.21 bits per heavy atom. The molecule has 0 fully saturated rings. The highest BCUT2D eigenvalue weighted by atomic mass is 16.2. The molecule has 0 heterocycles. The molecule has 0 N–H and O–H groups in total. The van der Waals surface area contributed by atoms with E-state index in [1.165, 1.54) is 0 Å². The number of nitrogens with zero attached hydrogens (tertiary/aromatic N) is 2. The fourth-order valence-electron chi connectivity index (χ4n) is 1.78. The van der Waals surface area contributed by atoms with Crippen molar-refractivity contribution in [1.29, 1.82) is 0 Å². The van der Waals surface area contributed by atoms with Crippen molar-refractivity contribution in [2.24, 2.45) is 0 Å². The third-order valence-corrected chi connectivity index (χ3v) is 2.86. The number of hydrogen-bond acceptors (Lipinski definition) is 3. The van der Waals surface area contributed by atoms with Gasteiger partial charge in [0.1, 0.15) is 0 Å². The van der Waals surface area contributed by atoms with Crippen LogP contribution in [0.3, 0.4) is 0 Å². The first-order valence-corrected chi connectivity index (χ1v) is 6.55. The van der Waals surface area contributed by atoms with E-state index in [0.717, 1.165) is 13.0 Å². The van der Waals surface area contributed by atoms with E-state index in [4.69, 9.17) is 0 Å². The number of carbonyl (C=O) groups excluding carboxylic acids is 2. The van der Waals surface area contributed by atoms with Crippen LogP contribution in [0.5, 0.6) is 0 Å². The second kappa shape index (κ2) is 7.69. The third kappa shape index (κ3) is 5.22. The molecule has 0 spiro atoms. The number of amides is 1. The molecule has 0 aliphatic rings. The van der Waals surface area contributed by atoms with Gasteiger partial charge in [-0.3, -0.25) is 14.5 Å². The van der Waals surface area contributed by atoms with Crippen molar-refractivity contribution in [2.75, 3.05) is 33.7 Å². The summed E-state index contributed by atoms with van der Waals surface area (Å²) in [6.45, 7) is 3.37. The summed E-state index contributed by atoms with van der Waals surface area (Å²) < 4.78 is 0. The Morgan fingerprint density at radius 1 is 1.05 bits per heavy atom. The fraction of sp³-hybridized carbons (Fsp3) is 0.467. The van der Waals surface area contributed by atoms with Crippen LogP contribution >= 0.6 is 0 Å². The normalized spacial score (nSPS) is 10.5. The van der Waals surface area contributed by atoms with Crippen molar-refractivity contribution in [3.8, 4) is 0 Å². The number of Topliss-reactive ketones (excluding diaryl/α,β-unsaturated/α-hetero) is 1. The Hall–Kier alpha value is -1.68. The topological polar surface area (TPSA) is 40.6 Å². The molecule has 4 nitrogen and oxygen atoms in total. The van der Waals surface area contributed by atoms with Crippen molar-refractivity contribution in [3.63, 3.8) is 0 Å². The van der Waals surface area contributed by atoms with Crippen LogP contribution in [-0.4, -0.2) is 55.2 Å². The molecule has 1 aromatic rings. The van der Waals surface area contributed by atoms with E-state index in [2.05, 4.69) is 0 Å². The lowest BCUT2D eigenvalue weighted by Crippen LogP contribution is -2.39. The largest absolute Gasteiger partial charge is 0.348 e. The molecule has 0 aliphatic carbocycles. The average Bonchev–Trinajstić information content (AvgIpc) is 2.39. The van der Waals surface area contributed by atoms with Gasteiger partial charge in [0.2, 0.25) is 5.91 Å². The summed E-state index contributed by atoms with van der Waals surface area (Å²) in [5, 5.41) is 0. The molecule has 0 aliphatic heterocycles. The number of rotatable bonds is 7. The molecule has 1 amide bonds. The van der Waals surface area contributed by atoms with Crippen LogP contribution in [0.4, 0.5) is 0 Å². The lowest BCUT2D eigenvalue weighted by atomic mass is 10.1. The van der Waals surface area contributed by atoms with Crippen LogP contribution < -0.4 is 0 Å². The van der Waals surface area contributed by atoms with Gasteiger partial charge in [0.05, 0.1) is 13.1 Å². The summed E-state index contributed by atoms with van der Waals surface area (Å²) in [6, 6.07) is 9.20. The first-order valence-electron chi connectivity index (χ1n) is 6.55. The Bertz CT molecular complexity index is 415. The predicted octanol–water partition coefficient (Wildman–Crippen LogP) is 1.67. The van der Waals surface area contributed by atoms with E-state index >= 15 is 0 Å². The smallest absolute Gasteiger partial charge is 0.236 e. The van der Waals surface area contributed by atoms with Crippen LogP contribution in [0.1, 0.15) is 23.7 Å². The average molecular weight is 262 g/mol. The molecule has 0 saturated carbocycles. The van der Waals surface area contributed by atoms with E-state index in [-0.39, 0.29) is 18.2 Å². The van der Waals surface area contributed by atoms with Gasteiger partial charge in [0.25, 0.3) is 0 Å². The molecule has 0 bridgehead atoms. The second-order valence-electron chi connectivity index (χ2n) is 4.79. The standard InChI is InChI=1S/C15H22N2O2/c1-4-10-17(12-15(19)16(2)3)11-14(18)13-8-6-5-7-9-13/h5-9H,4,10-12H2,1-3H3. The zero-order chi connectivity index (χ0) is 14.3. The summed E-state index contributed by atoms with van der Waals surface area (Å²) >= 11 is 0. The van der Waals surface area contributed by atoms with Crippen molar-refractivity contribution < 1.29 is 9.59 Å². The molecular formula is C15H22N2O2. The summed E-state index contributed by atoms with van der Waals surface area (Å²) in [5.41, 5.74) is 0.695. The van der Waals surface area contributed by atoms with Crippen LogP contribution in [0.15, 0.2) is 30.3 Å². The molecule has 1 aromatic carbocycles. The highest BCUT2D eigenvalue weighted by molar-refractivity contribution is 5.97. The van der Waals surface area contributed by atoms with Crippen molar-refractivity contribution >= 4 is 11.7 Å². The van der Waals surface area contributed by atoms with Gasteiger partial charge in [-0.25, -0.2) is 0 Å². The maximum atomic E-state index is 12.1. The van der Waals surface area contributed by atoms with E-state index < -0.39 is 0 Å². The summed E-state index contributed by atoms with van der Waals surface area (Å²) in [7, 11) is 3.46. The highest BCUT2D eigenvalue weighted by Crippen LogP contribution is 2.03. The lowest BCUT2D eigenvalue weighted by molar-refractivity contribution is -0.129. The van der Waals surface area contributed by atoms with Crippen LogP contribution in [0.25, 0.3) is 0 Å². The van der Waals surface area contributed by atoms with Gasteiger partial charge in [-0.1, -0.05) is 37.3 Å². The number of ketones is 1. The fourth-order valence-corrected chi connectivity index (χ4v) is 1.78. The Kier molecular flexibility index (Phi) is 6.22. The first kappa shape index (κ1) is 15.4. The Balaban J connectivity index is 2.63. The van der Waals surface area contributed by atoms with Gasteiger partial charge in [0, 0.05) is 19.7 Å². The number of carbonyl (C=O) groups is 2. The van der Waals surface area contributed by atoms with E-state index in [1.807, 2.05) is 30.0 Å². The van der Waals surface area contributed by atoms with Crippen LogP contribution in [0, 0.1) is 0 Å². The molecule has 4 heteroatoms. The SMILES string of the molecule is CCCN(CC(=O)c1ccccc1)CC(=O)N(C)C. The number of likely N-dealkylation sites (N-methyl/N-ethyl adjacent to an activating group) is 1. The Morgan fingerprint density at radius 2 is 1.68 bits per heavy atom. The van der Waals surface area contributed by atoms with Gasteiger partial charge < -0.3 is 4.90 Å². The second-order valence-corrected chi connectivity index (χ2v) is 4.79. The maximum Gasteiger partial charge on any atom is 0.236 e. The molecule has 1 rings (SSSR count). The van der Waals surface area contributed by atoms with Gasteiger partial charge >= 0.3 is 0 Å². The van der Waals surface area contributed by atoms with Gasteiger partial charge in [-0.15, -0.1) is 0 Å². The monoisotopic (exact) mass is 262 g/mol. The van der Waals surface area contributed by atoms with Crippen molar-refractivity contribution in [2.45, 2.75) is 13.3 Å². The zero-order valence-corrected chi connectivity index (χ0v) is 11.9. The van der Waals surface area contributed by atoms with Crippen LogP contribution in [0.2, 0.25) is 0 Å². The van der Waals surface area contributed by atoms with Crippen LogP contribution in [-0.2, 0) is 4.79 Å². The van der Waals surface area contributed by atoms with Gasteiger partial charge in [-0.05, 0) is 13.0 Å². The molecule has 19 heavy (non-hydrogen) atoms. The van der Waals surface area contributed by atoms with E-state index in [9.17, 15) is 9.59 Å². The van der Waals surface area contributed by atoms with Crippen molar-refractivity contribution in [3.05, 3.63) is 35.9 Å². The minimum atomic E-state index is 0.0225.